The van der Waals surface area contributed by atoms with Gasteiger partial charge in [-0.2, -0.15) is 18.3 Å². The summed E-state index contributed by atoms with van der Waals surface area (Å²) in [6.07, 6.45) is 4.88. The quantitative estimate of drug-likeness (QED) is 0.616. The smallest absolute Gasteiger partial charge is 0.390 e. The molecule has 34 heavy (non-hydrogen) atoms. The Balaban J connectivity index is 1.23. The van der Waals surface area contributed by atoms with Crippen molar-refractivity contribution in [2.75, 3.05) is 0 Å². The minimum Gasteiger partial charge on any atom is -0.390 e. The Morgan fingerprint density at radius 2 is 1.85 bits per heavy atom. The van der Waals surface area contributed by atoms with Crippen molar-refractivity contribution >= 4 is 5.78 Å². The average molecular weight is 479 g/mol. The van der Waals surface area contributed by atoms with Crippen LogP contribution in [0.15, 0.2) is 12.4 Å². The Labute approximate surface area is 199 Å². The van der Waals surface area contributed by atoms with Gasteiger partial charge in [0, 0.05) is 12.1 Å². The molecule has 0 amide bonds. The molecule has 1 heterocycles. The summed E-state index contributed by atoms with van der Waals surface area (Å²) in [7, 11) is 0. The maximum absolute atomic E-state index is 13.6. The lowest BCUT2D eigenvalue weighted by molar-refractivity contribution is -0.139. The molecule has 0 spiro atoms. The van der Waals surface area contributed by atoms with Crippen molar-refractivity contribution in [3.8, 4) is 0 Å². The number of aliphatic hydroxyl groups is 1. The van der Waals surface area contributed by atoms with Crippen molar-refractivity contribution in [3.63, 3.8) is 0 Å². The monoisotopic (exact) mass is 478 g/mol. The topological polar surface area (TPSA) is 55.1 Å². The summed E-state index contributed by atoms with van der Waals surface area (Å²) in [6, 6.07) is 0. The largest absolute Gasteiger partial charge is 0.419 e. The zero-order chi connectivity index (χ0) is 24.2. The van der Waals surface area contributed by atoms with Gasteiger partial charge in [0.25, 0.3) is 0 Å². The fourth-order valence-corrected chi connectivity index (χ4v) is 9.94. The molecule has 4 nitrogen and oxygen atoms in total. The van der Waals surface area contributed by atoms with Crippen molar-refractivity contribution in [1.82, 2.24) is 9.78 Å². The van der Waals surface area contributed by atoms with Crippen LogP contribution in [0.5, 0.6) is 0 Å². The van der Waals surface area contributed by atoms with Crippen LogP contribution in [0.3, 0.4) is 0 Å². The molecule has 5 saturated carbocycles. The van der Waals surface area contributed by atoms with E-state index in [2.05, 4.69) is 18.9 Å². The predicted molar refractivity (Wildman–Crippen MR) is 120 cm³/mol. The van der Waals surface area contributed by atoms with E-state index in [1.54, 1.807) is 0 Å². The lowest BCUT2D eigenvalue weighted by atomic mass is 9.47. The zero-order valence-corrected chi connectivity index (χ0v) is 20.4. The van der Waals surface area contributed by atoms with E-state index < -0.39 is 17.3 Å². The Bertz CT molecular complexity index is 987. The molecule has 7 heteroatoms. The third-order valence-electron chi connectivity index (χ3n) is 11.2. The minimum absolute atomic E-state index is 0.0485. The molecule has 11 atom stereocenters. The van der Waals surface area contributed by atoms with E-state index >= 15 is 0 Å². The van der Waals surface area contributed by atoms with Gasteiger partial charge in [0.1, 0.15) is 0 Å². The minimum atomic E-state index is -4.44. The summed E-state index contributed by atoms with van der Waals surface area (Å²) in [5.74, 6) is 4.73. The second kappa shape index (κ2) is 7.33. The summed E-state index contributed by atoms with van der Waals surface area (Å²) in [5.41, 5.74) is -1.36. The molecule has 0 saturated heterocycles. The van der Waals surface area contributed by atoms with Gasteiger partial charge in [-0.25, -0.2) is 0 Å². The lowest BCUT2D eigenvalue weighted by Gasteiger charge is -2.58. The standard InChI is InChI=1S/C27H37F3N2O2/c1-14-21-22(14)24(20(33)13-32-12-16(11-31-32)27(28,29)30)26(3)9-7-18-17-6-8-25(2,34)10-15(17)4-5-19(18)23(21)26/h11-12,14-15,17-19,21-24,34H,4-10,13H2,1-3H3. The number of alkyl halides is 3. The molecule has 0 bridgehead atoms. The number of halogens is 3. The van der Waals surface area contributed by atoms with Crippen LogP contribution in [-0.4, -0.2) is 26.3 Å². The maximum Gasteiger partial charge on any atom is 0.419 e. The summed E-state index contributed by atoms with van der Waals surface area (Å²) >= 11 is 0. The van der Waals surface area contributed by atoms with Crippen molar-refractivity contribution in [1.29, 1.82) is 0 Å². The number of hydrogen-bond acceptors (Lipinski definition) is 3. The first-order valence-corrected chi connectivity index (χ1v) is 13.3. The first-order valence-electron chi connectivity index (χ1n) is 13.3. The highest BCUT2D eigenvalue weighted by atomic mass is 19.4. The lowest BCUT2D eigenvalue weighted by Crippen LogP contribution is -2.52. The highest BCUT2D eigenvalue weighted by molar-refractivity contribution is 5.83. The average Bonchev–Trinajstić information content (AvgIpc) is 3.10. The van der Waals surface area contributed by atoms with Gasteiger partial charge in [-0.15, -0.1) is 0 Å². The number of nitrogens with zero attached hydrogens (tertiary/aromatic N) is 2. The second-order valence-electron chi connectivity index (χ2n) is 13.0. The predicted octanol–water partition coefficient (Wildman–Crippen LogP) is 5.59. The number of ketones is 1. The van der Waals surface area contributed by atoms with Gasteiger partial charge in [-0.1, -0.05) is 13.8 Å². The molecule has 0 aliphatic heterocycles. The van der Waals surface area contributed by atoms with E-state index in [0.717, 1.165) is 44.5 Å². The molecule has 1 aromatic rings. The molecule has 5 fully saturated rings. The number of Topliss-reactive ketones (excluding diaryl/α,β-unsaturated/α-hetero) is 1. The summed E-state index contributed by atoms with van der Waals surface area (Å²) in [6.45, 7) is 6.52. The summed E-state index contributed by atoms with van der Waals surface area (Å²) in [4.78, 5) is 13.6. The van der Waals surface area contributed by atoms with Crippen LogP contribution in [0.4, 0.5) is 13.2 Å². The molecule has 5 aliphatic rings. The van der Waals surface area contributed by atoms with Crippen molar-refractivity contribution in [2.24, 2.45) is 58.7 Å². The molecule has 0 radical (unpaired) electrons. The van der Waals surface area contributed by atoms with E-state index in [0.29, 0.717) is 47.3 Å². The fraction of sp³-hybridized carbons (Fsp3) is 0.852. The van der Waals surface area contributed by atoms with Crippen LogP contribution in [0, 0.1) is 58.7 Å². The maximum atomic E-state index is 13.6. The van der Waals surface area contributed by atoms with Gasteiger partial charge >= 0.3 is 6.18 Å². The second-order valence-corrected chi connectivity index (χ2v) is 13.0. The molecule has 5 aliphatic carbocycles. The molecule has 1 N–H and O–H groups in total. The van der Waals surface area contributed by atoms with E-state index in [-0.39, 0.29) is 23.7 Å². The number of rotatable bonds is 3. The van der Waals surface area contributed by atoms with E-state index in [9.17, 15) is 23.1 Å². The number of carbonyl (C=O) groups is 1. The van der Waals surface area contributed by atoms with Gasteiger partial charge in [-0.3, -0.25) is 9.48 Å². The third-order valence-corrected chi connectivity index (χ3v) is 11.2. The van der Waals surface area contributed by atoms with Crippen LogP contribution < -0.4 is 0 Å². The van der Waals surface area contributed by atoms with Crippen molar-refractivity contribution < 1.29 is 23.1 Å². The molecule has 0 aromatic carbocycles. The van der Waals surface area contributed by atoms with Gasteiger partial charge in [0.2, 0.25) is 0 Å². The number of fused-ring (bicyclic) bond motifs is 7. The number of aromatic nitrogens is 2. The summed E-state index contributed by atoms with van der Waals surface area (Å²) < 4.78 is 40.2. The number of hydrogen-bond donors (Lipinski definition) is 1. The Kier molecular flexibility index (Phi) is 4.97. The van der Waals surface area contributed by atoms with Crippen LogP contribution in [0.2, 0.25) is 0 Å². The third kappa shape index (κ3) is 3.35. The SMILES string of the molecule is CC1C2C1C1C3CCC4CC(C)(O)CCC4C3CCC1(C)C2C(=O)Cn1cc(C(F)(F)F)cn1. The van der Waals surface area contributed by atoms with Gasteiger partial charge in [-0.05, 0) is 105 Å². The van der Waals surface area contributed by atoms with Crippen LogP contribution in [0.25, 0.3) is 0 Å². The van der Waals surface area contributed by atoms with Crippen molar-refractivity contribution in [2.45, 2.75) is 84.0 Å². The fourth-order valence-electron chi connectivity index (χ4n) is 9.94. The molecule has 6 rings (SSSR count). The van der Waals surface area contributed by atoms with Gasteiger partial charge < -0.3 is 5.11 Å². The van der Waals surface area contributed by atoms with Gasteiger partial charge in [0.15, 0.2) is 5.78 Å². The van der Waals surface area contributed by atoms with E-state index in [1.807, 2.05) is 6.92 Å². The van der Waals surface area contributed by atoms with Crippen LogP contribution >= 0.6 is 0 Å². The highest BCUT2D eigenvalue weighted by Crippen LogP contribution is 2.77. The molecule has 1 aromatic heterocycles. The zero-order valence-electron chi connectivity index (χ0n) is 20.4. The molecule has 11 unspecified atom stereocenters. The highest BCUT2D eigenvalue weighted by Gasteiger charge is 2.73. The Morgan fingerprint density at radius 3 is 2.56 bits per heavy atom. The molecular formula is C27H37F3N2O2. The first kappa shape index (κ1) is 23.1. The summed E-state index contributed by atoms with van der Waals surface area (Å²) in [5, 5.41) is 14.5. The molecule has 188 valence electrons. The molecular weight excluding hydrogens is 441 g/mol. The Hall–Kier alpha value is -1.37. The first-order chi connectivity index (χ1) is 15.9. The van der Waals surface area contributed by atoms with Crippen LogP contribution in [0.1, 0.15) is 71.3 Å². The van der Waals surface area contributed by atoms with Gasteiger partial charge in [0.05, 0.1) is 23.9 Å². The van der Waals surface area contributed by atoms with Crippen molar-refractivity contribution in [3.05, 3.63) is 18.0 Å². The number of carbonyl (C=O) groups excluding carboxylic acids is 1. The van der Waals surface area contributed by atoms with E-state index in [4.69, 9.17) is 0 Å². The normalized spacial score (nSPS) is 49.6. The van der Waals surface area contributed by atoms with Crippen LogP contribution in [-0.2, 0) is 17.5 Å². The Morgan fingerprint density at radius 1 is 1.12 bits per heavy atom. The van der Waals surface area contributed by atoms with E-state index in [1.165, 1.54) is 17.5 Å².